The number of rotatable bonds is 3. The van der Waals surface area contributed by atoms with E-state index in [0.717, 1.165) is 16.8 Å². The van der Waals surface area contributed by atoms with Crippen molar-refractivity contribution < 1.29 is 15.0 Å². The number of hydrogen-bond acceptors (Lipinski definition) is 4. The molecule has 0 unspecified atom stereocenters. The van der Waals surface area contributed by atoms with E-state index in [1.165, 1.54) is 5.56 Å². The van der Waals surface area contributed by atoms with Crippen molar-refractivity contribution in [1.29, 1.82) is 0 Å². The Morgan fingerprint density at radius 2 is 1.70 bits per heavy atom. The number of anilines is 1. The number of β-amino-alcohol motifs (C(OH)–C–C–N with tert-alkyl or cyclic N) is 2. The monoisotopic (exact) mass is 278 g/mol. The van der Waals surface area contributed by atoms with Gasteiger partial charge in [0.25, 0.3) is 0 Å². The Balaban J connectivity index is 1.99. The summed E-state index contributed by atoms with van der Waals surface area (Å²) in [4.78, 5) is 13.8. The fourth-order valence-corrected chi connectivity index (χ4v) is 2.74. The quantitative estimate of drug-likeness (QED) is 0.756. The molecule has 1 saturated heterocycles. The average molecular weight is 278 g/mol. The lowest BCUT2D eigenvalue weighted by Gasteiger charge is -2.17. The first kappa shape index (κ1) is 15.0. The van der Waals surface area contributed by atoms with Crippen LogP contribution >= 0.6 is 0 Å². The van der Waals surface area contributed by atoms with Gasteiger partial charge in [-0.3, -0.25) is 9.69 Å². The zero-order valence-electron chi connectivity index (χ0n) is 12.2. The van der Waals surface area contributed by atoms with Crippen molar-refractivity contribution in [1.82, 2.24) is 4.90 Å². The van der Waals surface area contributed by atoms with Crippen LogP contribution in [-0.4, -0.2) is 52.9 Å². The van der Waals surface area contributed by atoms with Crippen LogP contribution in [0.5, 0.6) is 0 Å². The van der Waals surface area contributed by atoms with Crippen molar-refractivity contribution in [2.24, 2.45) is 0 Å². The summed E-state index contributed by atoms with van der Waals surface area (Å²) < 4.78 is 0. The second kappa shape index (κ2) is 5.91. The van der Waals surface area contributed by atoms with E-state index in [2.05, 4.69) is 5.32 Å². The number of carbonyl (C=O) groups is 1. The molecule has 1 heterocycles. The maximum atomic E-state index is 12.1. The molecule has 1 amide bonds. The number of aryl methyl sites for hydroxylation is 3. The second-order valence-corrected chi connectivity index (χ2v) is 5.65. The largest absolute Gasteiger partial charge is 0.389 e. The van der Waals surface area contributed by atoms with Gasteiger partial charge in [0.05, 0.1) is 18.8 Å². The molecule has 2 atom stereocenters. The van der Waals surface area contributed by atoms with Gasteiger partial charge in [0, 0.05) is 18.8 Å². The lowest BCUT2D eigenvalue weighted by atomic mass is 10.1. The molecule has 2 rings (SSSR count). The molecular formula is C15H22N2O3. The minimum absolute atomic E-state index is 0.124. The van der Waals surface area contributed by atoms with Crippen LogP contribution in [0.25, 0.3) is 0 Å². The summed E-state index contributed by atoms with van der Waals surface area (Å²) in [6.07, 6.45) is -1.52. The van der Waals surface area contributed by atoms with Crippen LogP contribution < -0.4 is 5.32 Å². The molecule has 1 fully saturated rings. The first-order chi connectivity index (χ1) is 9.36. The molecule has 20 heavy (non-hydrogen) atoms. The lowest BCUT2D eigenvalue weighted by Crippen LogP contribution is -2.32. The highest BCUT2D eigenvalue weighted by Gasteiger charge is 2.30. The van der Waals surface area contributed by atoms with Crippen LogP contribution in [-0.2, 0) is 4.79 Å². The summed E-state index contributed by atoms with van der Waals surface area (Å²) in [6, 6.07) is 4.07. The predicted octanol–water partition coefficient (Wildman–Crippen LogP) is 0.588. The first-order valence-corrected chi connectivity index (χ1v) is 6.83. The van der Waals surface area contributed by atoms with Gasteiger partial charge >= 0.3 is 0 Å². The van der Waals surface area contributed by atoms with Gasteiger partial charge in [-0.25, -0.2) is 0 Å². The number of amides is 1. The van der Waals surface area contributed by atoms with Crippen LogP contribution in [0.2, 0.25) is 0 Å². The molecule has 0 aliphatic carbocycles. The van der Waals surface area contributed by atoms with Gasteiger partial charge in [0.1, 0.15) is 0 Å². The lowest BCUT2D eigenvalue weighted by molar-refractivity contribution is -0.117. The maximum absolute atomic E-state index is 12.1. The molecule has 1 aromatic carbocycles. The fourth-order valence-electron chi connectivity index (χ4n) is 2.74. The molecule has 0 saturated carbocycles. The molecule has 0 aromatic heterocycles. The maximum Gasteiger partial charge on any atom is 0.238 e. The highest BCUT2D eigenvalue weighted by Crippen LogP contribution is 2.22. The third kappa shape index (κ3) is 3.36. The molecule has 5 heteroatoms. The van der Waals surface area contributed by atoms with Gasteiger partial charge in [0.2, 0.25) is 5.91 Å². The zero-order valence-corrected chi connectivity index (χ0v) is 12.2. The summed E-state index contributed by atoms with van der Waals surface area (Å²) in [5.74, 6) is -0.124. The van der Waals surface area contributed by atoms with Gasteiger partial charge in [-0.15, -0.1) is 0 Å². The number of likely N-dealkylation sites (tertiary alicyclic amines) is 1. The van der Waals surface area contributed by atoms with Crippen LogP contribution in [0.15, 0.2) is 12.1 Å². The highest BCUT2D eigenvalue weighted by atomic mass is 16.3. The van der Waals surface area contributed by atoms with Crippen LogP contribution in [0.4, 0.5) is 5.69 Å². The van der Waals surface area contributed by atoms with Crippen LogP contribution in [0.3, 0.4) is 0 Å². The molecule has 5 nitrogen and oxygen atoms in total. The summed E-state index contributed by atoms with van der Waals surface area (Å²) >= 11 is 0. The smallest absolute Gasteiger partial charge is 0.238 e. The van der Waals surface area contributed by atoms with Gasteiger partial charge < -0.3 is 15.5 Å². The van der Waals surface area contributed by atoms with E-state index in [1.807, 2.05) is 32.9 Å². The molecule has 1 aromatic rings. The standard InChI is InChI=1S/C15H22N2O3/c1-9-4-10(2)15(11(3)5-9)16-14(20)8-17-6-12(18)13(19)7-17/h4-5,12-13,18-19H,6-8H2,1-3H3,(H,16,20)/t12-,13+. The first-order valence-electron chi connectivity index (χ1n) is 6.83. The van der Waals surface area contributed by atoms with Crippen molar-refractivity contribution in [2.45, 2.75) is 33.0 Å². The second-order valence-electron chi connectivity index (χ2n) is 5.65. The molecule has 0 spiro atoms. The van der Waals surface area contributed by atoms with Gasteiger partial charge in [-0.1, -0.05) is 17.7 Å². The third-order valence-corrected chi connectivity index (χ3v) is 3.64. The number of hydrogen-bond donors (Lipinski definition) is 3. The van der Waals surface area contributed by atoms with Crippen LogP contribution in [0.1, 0.15) is 16.7 Å². The summed E-state index contributed by atoms with van der Waals surface area (Å²) in [5, 5.41) is 21.9. The number of nitrogens with one attached hydrogen (secondary N) is 1. The minimum Gasteiger partial charge on any atom is -0.389 e. The Morgan fingerprint density at radius 1 is 1.20 bits per heavy atom. The van der Waals surface area contributed by atoms with E-state index in [4.69, 9.17) is 0 Å². The van der Waals surface area contributed by atoms with Gasteiger partial charge in [-0.2, -0.15) is 0 Å². The van der Waals surface area contributed by atoms with E-state index in [-0.39, 0.29) is 12.5 Å². The summed E-state index contributed by atoms with van der Waals surface area (Å²) in [6.45, 7) is 6.82. The Hall–Kier alpha value is -1.43. The normalized spacial score (nSPS) is 23.1. The molecule has 0 radical (unpaired) electrons. The van der Waals surface area contributed by atoms with E-state index >= 15 is 0 Å². The van der Waals surface area contributed by atoms with Crippen molar-refractivity contribution in [2.75, 3.05) is 25.0 Å². The van der Waals surface area contributed by atoms with Crippen molar-refractivity contribution in [3.8, 4) is 0 Å². The predicted molar refractivity (Wildman–Crippen MR) is 77.7 cm³/mol. The molecule has 110 valence electrons. The molecule has 3 N–H and O–H groups in total. The Labute approximate surface area is 119 Å². The van der Waals surface area contributed by atoms with Crippen LogP contribution in [0, 0.1) is 20.8 Å². The van der Waals surface area contributed by atoms with E-state index < -0.39 is 12.2 Å². The Bertz CT molecular complexity index is 483. The van der Waals surface area contributed by atoms with E-state index in [0.29, 0.717) is 13.1 Å². The van der Waals surface area contributed by atoms with Crippen molar-refractivity contribution in [3.63, 3.8) is 0 Å². The molecular weight excluding hydrogens is 256 g/mol. The van der Waals surface area contributed by atoms with Gasteiger partial charge in [-0.05, 0) is 31.9 Å². The number of aliphatic hydroxyl groups excluding tert-OH is 2. The fraction of sp³-hybridized carbons (Fsp3) is 0.533. The van der Waals surface area contributed by atoms with E-state index in [1.54, 1.807) is 4.90 Å². The number of carbonyl (C=O) groups excluding carboxylic acids is 1. The van der Waals surface area contributed by atoms with E-state index in [9.17, 15) is 15.0 Å². The molecule has 0 bridgehead atoms. The number of nitrogens with zero attached hydrogens (tertiary/aromatic N) is 1. The number of aliphatic hydroxyl groups is 2. The highest BCUT2D eigenvalue weighted by molar-refractivity contribution is 5.93. The Kier molecular flexibility index (Phi) is 4.42. The van der Waals surface area contributed by atoms with Crippen molar-refractivity contribution >= 4 is 11.6 Å². The molecule has 1 aliphatic rings. The minimum atomic E-state index is -0.759. The number of benzene rings is 1. The summed E-state index contributed by atoms with van der Waals surface area (Å²) in [7, 11) is 0. The topological polar surface area (TPSA) is 72.8 Å². The average Bonchev–Trinajstić information content (AvgIpc) is 2.63. The SMILES string of the molecule is Cc1cc(C)c(NC(=O)CN2C[C@@H](O)[C@@H](O)C2)c(C)c1. The van der Waals surface area contributed by atoms with Crippen molar-refractivity contribution in [3.05, 3.63) is 28.8 Å². The Morgan fingerprint density at radius 3 is 2.20 bits per heavy atom. The zero-order chi connectivity index (χ0) is 14.9. The molecule has 1 aliphatic heterocycles. The van der Waals surface area contributed by atoms with Gasteiger partial charge in [0.15, 0.2) is 0 Å². The summed E-state index contributed by atoms with van der Waals surface area (Å²) in [5.41, 5.74) is 4.10. The third-order valence-electron chi connectivity index (χ3n) is 3.64.